The summed E-state index contributed by atoms with van der Waals surface area (Å²) in [7, 11) is -3.75. The van der Waals surface area contributed by atoms with Crippen LogP contribution in [0.1, 0.15) is 168 Å². The Hall–Kier alpha value is -3.59. The summed E-state index contributed by atoms with van der Waals surface area (Å²) >= 11 is 0. The maximum absolute atomic E-state index is 13.2. The predicted octanol–water partition coefficient (Wildman–Crippen LogP) is 12.9. The van der Waals surface area contributed by atoms with Gasteiger partial charge in [0, 0.05) is 12.8 Å². The van der Waals surface area contributed by atoms with E-state index in [-0.39, 0.29) is 48.2 Å². The van der Waals surface area contributed by atoms with Crippen LogP contribution in [-0.2, 0) is 28.9 Å². The molecule has 0 N–H and O–H groups in total. The van der Waals surface area contributed by atoms with E-state index in [1.807, 2.05) is 0 Å². The summed E-state index contributed by atoms with van der Waals surface area (Å²) in [6.07, 6.45) is 36.0. The van der Waals surface area contributed by atoms with Gasteiger partial charge in [-0.05, 0) is 99.9 Å². The Balaban J connectivity index is 1.50. The highest BCUT2D eigenvalue weighted by atomic mass is 32.2. The van der Waals surface area contributed by atoms with E-state index in [0.29, 0.717) is 24.3 Å². The van der Waals surface area contributed by atoms with Crippen molar-refractivity contribution in [3.05, 3.63) is 72.8 Å². The second-order valence-corrected chi connectivity index (χ2v) is 16.7. The van der Waals surface area contributed by atoms with E-state index in [9.17, 15) is 18.0 Å². The summed E-state index contributed by atoms with van der Waals surface area (Å²) in [6, 6.07) is 12.4. The maximum Gasteiger partial charge on any atom is 0.305 e. The fourth-order valence-electron chi connectivity index (χ4n) is 6.45. The Bertz CT molecular complexity index is 1360. The number of ether oxygens (including phenoxy) is 4. The number of allylic oxidation sites excluding steroid dienone is 4. The van der Waals surface area contributed by atoms with Crippen LogP contribution in [0.4, 0.5) is 0 Å². The lowest BCUT2D eigenvalue weighted by molar-refractivity contribution is -0.145. The van der Waals surface area contributed by atoms with Gasteiger partial charge in [-0.3, -0.25) is 9.59 Å². The molecule has 0 spiro atoms. The quantitative estimate of drug-likeness (QED) is 0.0381. The lowest BCUT2D eigenvalue weighted by Gasteiger charge is -2.10. The van der Waals surface area contributed by atoms with Crippen molar-refractivity contribution in [1.82, 2.24) is 0 Å². The van der Waals surface area contributed by atoms with Crippen LogP contribution >= 0.6 is 0 Å². The lowest BCUT2D eigenvalue weighted by atomic mass is 10.1. The van der Waals surface area contributed by atoms with Gasteiger partial charge >= 0.3 is 11.9 Å². The smallest absolute Gasteiger partial charge is 0.305 e. The molecule has 0 bridgehead atoms. The van der Waals surface area contributed by atoms with E-state index < -0.39 is 9.84 Å². The monoisotopic (exact) mass is 811 g/mol. The first kappa shape index (κ1) is 49.6. The molecule has 8 nitrogen and oxygen atoms in total. The van der Waals surface area contributed by atoms with Crippen molar-refractivity contribution in [2.24, 2.45) is 0 Å². The van der Waals surface area contributed by atoms with E-state index in [1.54, 1.807) is 24.3 Å². The highest BCUT2D eigenvalue weighted by Gasteiger charge is 2.18. The molecule has 0 fully saturated rings. The van der Waals surface area contributed by atoms with Gasteiger partial charge in [0.05, 0.1) is 9.79 Å². The first-order valence-corrected chi connectivity index (χ1v) is 23.7. The Kier molecular flexibility index (Phi) is 29.0. The summed E-state index contributed by atoms with van der Waals surface area (Å²) in [5.41, 5.74) is 0. The summed E-state index contributed by atoms with van der Waals surface area (Å²) in [6.45, 7) is 4.99. The van der Waals surface area contributed by atoms with Crippen LogP contribution in [0.5, 0.6) is 11.5 Å². The van der Waals surface area contributed by atoms with E-state index >= 15 is 0 Å². The van der Waals surface area contributed by atoms with Gasteiger partial charge in [0.25, 0.3) is 0 Å². The molecule has 0 amide bonds. The van der Waals surface area contributed by atoms with Gasteiger partial charge in [0.2, 0.25) is 9.84 Å². The van der Waals surface area contributed by atoms with Gasteiger partial charge < -0.3 is 18.9 Å². The van der Waals surface area contributed by atoms with E-state index in [4.69, 9.17) is 18.9 Å². The Labute approximate surface area is 346 Å². The molecule has 0 saturated carbocycles. The molecular formula is C48H74O8S. The zero-order valence-electron chi connectivity index (χ0n) is 35.4. The van der Waals surface area contributed by atoms with Gasteiger partial charge in [-0.15, -0.1) is 0 Å². The highest BCUT2D eigenvalue weighted by Crippen LogP contribution is 2.25. The zero-order valence-corrected chi connectivity index (χ0v) is 36.2. The number of benzene rings is 2. The summed E-state index contributed by atoms with van der Waals surface area (Å²) < 4.78 is 48.3. The van der Waals surface area contributed by atoms with Crippen LogP contribution in [0, 0.1) is 0 Å². The van der Waals surface area contributed by atoms with Crippen LogP contribution in [0.3, 0.4) is 0 Å². The van der Waals surface area contributed by atoms with Crippen LogP contribution in [0.25, 0.3) is 0 Å². The van der Waals surface area contributed by atoms with Crippen LogP contribution < -0.4 is 9.47 Å². The summed E-state index contributed by atoms with van der Waals surface area (Å²) in [5, 5.41) is 0. The molecule has 0 aliphatic carbocycles. The summed E-state index contributed by atoms with van der Waals surface area (Å²) in [5.74, 6) is 0.550. The minimum Gasteiger partial charge on any atom is -0.490 e. The van der Waals surface area contributed by atoms with Gasteiger partial charge in [-0.1, -0.05) is 128 Å². The Morgan fingerprint density at radius 1 is 0.439 bits per heavy atom. The number of carbonyl (C=O) groups excluding carboxylic acids is 2. The number of unbranched alkanes of at least 4 members (excludes halogenated alkanes) is 18. The lowest BCUT2D eigenvalue weighted by Crippen LogP contribution is -2.12. The fraction of sp³-hybridized carbons (Fsp3) is 0.625. The van der Waals surface area contributed by atoms with Gasteiger partial charge in [-0.2, -0.15) is 0 Å². The molecule has 320 valence electrons. The molecule has 0 aliphatic heterocycles. The number of carbonyl (C=O) groups is 2. The molecule has 9 heteroatoms. The second-order valence-electron chi connectivity index (χ2n) is 14.8. The first-order valence-electron chi connectivity index (χ1n) is 22.2. The number of rotatable bonds is 36. The average Bonchev–Trinajstić information content (AvgIpc) is 3.22. The molecule has 0 unspecified atom stereocenters. The second kappa shape index (κ2) is 33.4. The van der Waals surface area contributed by atoms with Crippen molar-refractivity contribution in [2.75, 3.05) is 26.4 Å². The molecule has 2 aromatic rings. The molecule has 57 heavy (non-hydrogen) atoms. The van der Waals surface area contributed by atoms with Crippen molar-refractivity contribution < 1.29 is 37.0 Å². The number of esters is 2. The number of sulfone groups is 1. The van der Waals surface area contributed by atoms with Gasteiger partial charge in [0.15, 0.2) is 0 Å². The molecule has 0 aromatic heterocycles. The van der Waals surface area contributed by atoms with Crippen LogP contribution in [0.15, 0.2) is 82.6 Å². The minimum absolute atomic E-state index is 0.138. The average molecular weight is 811 g/mol. The van der Waals surface area contributed by atoms with Crippen LogP contribution in [0.2, 0.25) is 0 Å². The molecule has 0 radical (unpaired) electrons. The van der Waals surface area contributed by atoms with Crippen molar-refractivity contribution in [3.63, 3.8) is 0 Å². The third-order valence-electron chi connectivity index (χ3n) is 9.81. The normalized spacial score (nSPS) is 11.7. The maximum atomic E-state index is 13.2. The third kappa shape index (κ3) is 25.4. The third-order valence-corrected chi connectivity index (χ3v) is 11.6. The Morgan fingerprint density at radius 3 is 1.09 bits per heavy atom. The molecule has 2 rings (SSSR count). The standard InChI is InChI=1S/C48H74O8S/c1-3-5-7-9-11-13-15-17-19-21-23-25-27-29-47(49)55-41-39-53-43-31-35-45(36-32-43)57(51,52)46-37-33-44(34-38-46)54-40-42-56-48(50)30-28-26-24-22-20-18-16-14-12-10-8-6-4-2/h5-8,31-38H,3-4,9-30,39-42H2,1-2H3/b7-5+,8-6+. The topological polar surface area (TPSA) is 105 Å². The number of hydrogen-bond acceptors (Lipinski definition) is 8. The SMILES string of the molecule is CC/C=C/CCCCCCCCCCCC(=O)OCCOc1ccc(S(=O)(=O)c2ccc(OCCOC(=O)CCCCCCCCCCC/C=C/CC)cc2)cc1. The molecule has 2 aromatic carbocycles. The van der Waals surface area contributed by atoms with Gasteiger partial charge in [-0.25, -0.2) is 8.42 Å². The van der Waals surface area contributed by atoms with E-state index in [0.717, 1.165) is 51.4 Å². The van der Waals surface area contributed by atoms with Crippen molar-refractivity contribution in [1.29, 1.82) is 0 Å². The van der Waals surface area contributed by atoms with Crippen molar-refractivity contribution in [3.8, 4) is 11.5 Å². The highest BCUT2D eigenvalue weighted by molar-refractivity contribution is 7.91. The molecular weight excluding hydrogens is 737 g/mol. The minimum atomic E-state index is -3.75. The summed E-state index contributed by atoms with van der Waals surface area (Å²) in [4.78, 5) is 24.4. The largest absolute Gasteiger partial charge is 0.490 e. The Morgan fingerprint density at radius 2 is 0.754 bits per heavy atom. The van der Waals surface area contributed by atoms with Crippen molar-refractivity contribution >= 4 is 21.8 Å². The van der Waals surface area contributed by atoms with Crippen molar-refractivity contribution in [2.45, 2.75) is 178 Å². The molecule has 0 saturated heterocycles. The zero-order chi connectivity index (χ0) is 41.1. The molecule has 0 aliphatic rings. The molecule has 0 heterocycles. The number of hydrogen-bond donors (Lipinski definition) is 0. The first-order chi connectivity index (χ1) is 27.9. The van der Waals surface area contributed by atoms with E-state index in [2.05, 4.69) is 38.2 Å². The van der Waals surface area contributed by atoms with Gasteiger partial charge in [0.1, 0.15) is 37.9 Å². The predicted molar refractivity (Wildman–Crippen MR) is 232 cm³/mol. The van der Waals surface area contributed by atoms with E-state index in [1.165, 1.54) is 114 Å². The fourth-order valence-corrected chi connectivity index (χ4v) is 7.71. The molecule has 0 atom stereocenters. The van der Waals surface area contributed by atoms with Crippen LogP contribution in [-0.4, -0.2) is 46.8 Å².